The quantitative estimate of drug-likeness (QED) is 0.850. The zero-order valence-corrected chi connectivity index (χ0v) is 12.4. The molecule has 0 aliphatic rings. The first-order chi connectivity index (χ1) is 9.72. The summed E-state index contributed by atoms with van der Waals surface area (Å²) in [6.45, 7) is 3.52. The molecule has 0 fully saturated rings. The maximum absolute atomic E-state index is 5.86. The highest BCUT2D eigenvalue weighted by Gasteiger charge is 2.14. The van der Waals surface area contributed by atoms with Crippen LogP contribution in [0.25, 0.3) is 11.4 Å². The first kappa shape index (κ1) is 15.0. The van der Waals surface area contributed by atoms with E-state index in [9.17, 15) is 0 Å². The minimum absolute atomic E-state index is 0.170. The lowest BCUT2D eigenvalue weighted by atomic mass is 10.2. The van der Waals surface area contributed by atoms with E-state index in [1.54, 1.807) is 19.2 Å². The number of ether oxygens (including phenoxy) is 1. The Kier molecular flexibility index (Phi) is 5.52. The Morgan fingerprint density at radius 3 is 2.75 bits per heavy atom. The normalized spacial score (nSPS) is 12.6. The molecule has 0 aliphatic carbocycles. The summed E-state index contributed by atoms with van der Waals surface area (Å²) < 4.78 is 10.4. The molecule has 1 heterocycles. The second-order valence-electron chi connectivity index (χ2n) is 4.43. The number of methoxy groups -OCH3 is 1. The first-order valence-electron chi connectivity index (χ1n) is 6.53. The number of rotatable bonds is 7. The van der Waals surface area contributed by atoms with Crippen molar-refractivity contribution in [2.45, 2.75) is 19.4 Å². The molecule has 0 amide bonds. The highest BCUT2D eigenvalue weighted by atomic mass is 35.5. The molecule has 2 rings (SSSR count). The smallest absolute Gasteiger partial charge is 0.228 e. The Hall–Kier alpha value is -1.43. The fourth-order valence-electron chi connectivity index (χ4n) is 1.94. The van der Waals surface area contributed by atoms with Crippen LogP contribution in [0, 0.1) is 0 Å². The maximum atomic E-state index is 5.86. The summed E-state index contributed by atoms with van der Waals surface area (Å²) in [5, 5.41) is 7.99. The van der Waals surface area contributed by atoms with Crippen LogP contribution in [0.5, 0.6) is 0 Å². The average Bonchev–Trinajstić information content (AvgIpc) is 2.89. The van der Waals surface area contributed by atoms with Crippen molar-refractivity contribution in [2.24, 2.45) is 0 Å². The van der Waals surface area contributed by atoms with E-state index < -0.39 is 0 Å². The Morgan fingerprint density at radius 1 is 1.35 bits per heavy atom. The number of hydrogen-bond donors (Lipinski definition) is 1. The summed E-state index contributed by atoms with van der Waals surface area (Å²) in [5.41, 5.74) is 0.885. The molecule has 1 atom stereocenters. The zero-order valence-electron chi connectivity index (χ0n) is 11.6. The molecular weight excluding hydrogens is 278 g/mol. The van der Waals surface area contributed by atoms with Gasteiger partial charge >= 0.3 is 0 Å². The molecule has 1 aromatic carbocycles. The van der Waals surface area contributed by atoms with Crippen molar-refractivity contribution in [1.29, 1.82) is 0 Å². The molecule has 0 bridgehead atoms. The summed E-state index contributed by atoms with van der Waals surface area (Å²) in [7, 11) is 1.68. The van der Waals surface area contributed by atoms with E-state index in [4.69, 9.17) is 20.9 Å². The van der Waals surface area contributed by atoms with Gasteiger partial charge in [-0.25, -0.2) is 0 Å². The van der Waals surface area contributed by atoms with Crippen LogP contribution < -0.4 is 5.32 Å². The molecule has 1 N–H and O–H groups in total. The van der Waals surface area contributed by atoms with E-state index in [1.807, 2.05) is 12.1 Å². The zero-order chi connectivity index (χ0) is 14.4. The van der Waals surface area contributed by atoms with Crippen LogP contribution in [0.3, 0.4) is 0 Å². The van der Waals surface area contributed by atoms with Gasteiger partial charge in [0, 0.05) is 30.2 Å². The summed E-state index contributed by atoms with van der Waals surface area (Å²) in [4.78, 5) is 4.40. The monoisotopic (exact) mass is 295 g/mol. The summed E-state index contributed by atoms with van der Waals surface area (Å²) in [5.74, 6) is 1.17. The molecule has 0 spiro atoms. The molecule has 6 heteroatoms. The van der Waals surface area contributed by atoms with Crippen molar-refractivity contribution in [3.05, 3.63) is 35.2 Å². The minimum atomic E-state index is 0.170. The van der Waals surface area contributed by atoms with Crippen molar-refractivity contribution < 1.29 is 9.26 Å². The predicted octanol–water partition coefficient (Wildman–Crippen LogP) is 2.56. The maximum Gasteiger partial charge on any atom is 0.228 e. The molecule has 0 saturated carbocycles. The summed E-state index contributed by atoms with van der Waals surface area (Å²) in [6, 6.07) is 7.52. The summed E-state index contributed by atoms with van der Waals surface area (Å²) >= 11 is 5.86. The van der Waals surface area contributed by atoms with Gasteiger partial charge in [-0.1, -0.05) is 23.7 Å². The van der Waals surface area contributed by atoms with Gasteiger partial charge in [-0.3, -0.25) is 0 Å². The summed E-state index contributed by atoms with van der Waals surface area (Å²) in [6.07, 6.45) is 0.641. The third-order valence-corrected chi connectivity index (χ3v) is 3.10. The van der Waals surface area contributed by atoms with Crippen LogP contribution in [0.15, 0.2) is 28.8 Å². The standard InChI is InChI=1S/C14H18ClN3O2/c1-3-16-12(9-19-2)8-13-17-14(18-20-13)10-4-6-11(15)7-5-10/h4-7,12,16H,3,8-9H2,1-2H3. The lowest BCUT2D eigenvalue weighted by molar-refractivity contribution is 0.162. The van der Waals surface area contributed by atoms with Gasteiger partial charge in [0.15, 0.2) is 0 Å². The fourth-order valence-corrected chi connectivity index (χ4v) is 2.07. The van der Waals surface area contributed by atoms with Crippen molar-refractivity contribution in [2.75, 3.05) is 20.3 Å². The van der Waals surface area contributed by atoms with Gasteiger partial charge in [-0.2, -0.15) is 4.98 Å². The van der Waals surface area contributed by atoms with Gasteiger partial charge in [0.05, 0.1) is 6.61 Å². The third kappa shape index (κ3) is 4.03. The van der Waals surface area contributed by atoms with E-state index in [1.165, 1.54) is 0 Å². The van der Waals surface area contributed by atoms with Gasteiger partial charge < -0.3 is 14.6 Å². The van der Waals surface area contributed by atoms with Crippen LogP contribution in [0.1, 0.15) is 12.8 Å². The number of nitrogens with one attached hydrogen (secondary N) is 1. The van der Waals surface area contributed by atoms with Crippen LogP contribution >= 0.6 is 11.6 Å². The second kappa shape index (κ2) is 7.38. The van der Waals surface area contributed by atoms with E-state index in [0.717, 1.165) is 12.1 Å². The van der Waals surface area contributed by atoms with Crippen molar-refractivity contribution >= 4 is 11.6 Å². The second-order valence-corrected chi connectivity index (χ2v) is 4.87. The number of benzene rings is 1. The molecule has 1 unspecified atom stereocenters. The predicted molar refractivity (Wildman–Crippen MR) is 77.8 cm³/mol. The molecule has 1 aromatic heterocycles. The largest absolute Gasteiger partial charge is 0.383 e. The Balaban J connectivity index is 2.06. The van der Waals surface area contributed by atoms with E-state index in [-0.39, 0.29) is 6.04 Å². The van der Waals surface area contributed by atoms with E-state index >= 15 is 0 Å². The van der Waals surface area contributed by atoms with Crippen molar-refractivity contribution in [3.63, 3.8) is 0 Å². The Bertz CT molecular complexity index is 521. The Morgan fingerprint density at radius 2 is 2.10 bits per heavy atom. The fraction of sp³-hybridized carbons (Fsp3) is 0.429. The molecule has 0 saturated heterocycles. The minimum Gasteiger partial charge on any atom is -0.383 e. The lowest BCUT2D eigenvalue weighted by Gasteiger charge is -2.14. The van der Waals surface area contributed by atoms with Crippen molar-refractivity contribution in [1.82, 2.24) is 15.5 Å². The van der Waals surface area contributed by atoms with Crippen LogP contribution in [0.4, 0.5) is 0 Å². The van der Waals surface area contributed by atoms with Crippen molar-refractivity contribution in [3.8, 4) is 11.4 Å². The SMILES string of the molecule is CCNC(COC)Cc1nc(-c2ccc(Cl)cc2)no1. The molecular formula is C14H18ClN3O2. The molecule has 2 aromatic rings. The van der Waals surface area contributed by atoms with Gasteiger partial charge in [0.2, 0.25) is 11.7 Å². The van der Waals surface area contributed by atoms with Crippen LogP contribution in [0.2, 0.25) is 5.02 Å². The lowest BCUT2D eigenvalue weighted by Crippen LogP contribution is -2.35. The van der Waals surface area contributed by atoms with Crippen LogP contribution in [-0.4, -0.2) is 36.4 Å². The molecule has 0 aliphatic heterocycles. The number of nitrogens with zero attached hydrogens (tertiary/aromatic N) is 2. The molecule has 108 valence electrons. The van der Waals surface area contributed by atoms with Gasteiger partial charge in [-0.15, -0.1) is 0 Å². The number of hydrogen-bond acceptors (Lipinski definition) is 5. The van der Waals surface area contributed by atoms with Crippen LogP contribution in [-0.2, 0) is 11.2 Å². The number of likely N-dealkylation sites (N-methyl/N-ethyl adjacent to an activating group) is 1. The molecule has 20 heavy (non-hydrogen) atoms. The van der Waals surface area contributed by atoms with Gasteiger partial charge in [-0.05, 0) is 30.8 Å². The van der Waals surface area contributed by atoms with E-state index in [2.05, 4.69) is 22.4 Å². The highest BCUT2D eigenvalue weighted by molar-refractivity contribution is 6.30. The highest BCUT2D eigenvalue weighted by Crippen LogP contribution is 2.19. The van der Waals surface area contributed by atoms with E-state index in [0.29, 0.717) is 29.8 Å². The number of halogens is 1. The topological polar surface area (TPSA) is 60.2 Å². The third-order valence-electron chi connectivity index (χ3n) is 2.85. The molecule has 5 nitrogen and oxygen atoms in total. The Labute approximate surface area is 123 Å². The molecule has 0 radical (unpaired) electrons. The first-order valence-corrected chi connectivity index (χ1v) is 6.91. The van der Waals surface area contributed by atoms with Gasteiger partial charge in [0.1, 0.15) is 0 Å². The van der Waals surface area contributed by atoms with Gasteiger partial charge in [0.25, 0.3) is 0 Å². The average molecular weight is 296 g/mol. The number of aromatic nitrogens is 2.